The van der Waals surface area contributed by atoms with Crippen LogP contribution in [0.4, 0.5) is 10.1 Å². The third kappa shape index (κ3) is 3.90. The van der Waals surface area contributed by atoms with Gasteiger partial charge in [0, 0.05) is 40.7 Å². The van der Waals surface area contributed by atoms with E-state index in [9.17, 15) is 9.18 Å². The highest BCUT2D eigenvalue weighted by molar-refractivity contribution is 9.10. The van der Waals surface area contributed by atoms with Crippen molar-refractivity contribution in [3.05, 3.63) is 94.6 Å². The monoisotopic (exact) mass is 423 g/mol. The molecule has 2 heterocycles. The first kappa shape index (κ1) is 17.4. The number of nitrogens with zero attached hydrogens (tertiary/aromatic N) is 2. The van der Waals surface area contributed by atoms with Crippen LogP contribution in [0.25, 0.3) is 10.9 Å². The molecule has 0 aliphatic carbocycles. The summed E-state index contributed by atoms with van der Waals surface area (Å²) in [7, 11) is 0. The molecule has 0 bridgehead atoms. The molecular weight excluding hydrogens is 409 g/mol. The van der Waals surface area contributed by atoms with Crippen LogP contribution < -0.4 is 5.32 Å². The van der Waals surface area contributed by atoms with E-state index in [0.29, 0.717) is 10.2 Å². The summed E-state index contributed by atoms with van der Waals surface area (Å²) >= 11 is 3.18. The molecule has 0 atom stereocenters. The molecule has 2 aromatic heterocycles. The lowest BCUT2D eigenvalue weighted by atomic mass is 10.1. The Hall–Kier alpha value is -2.99. The van der Waals surface area contributed by atoms with Gasteiger partial charge in [0.1, 0.15) is 5.82 Å². The zero-order valence-electron chi connectivity index (χ0n) is 14.2. The Morgan fingerprint density at radius 3 is 2.70 bits per heavy atom. The third-order valence-corrected chi connectivity index (χ3v) is 4.70. The van der Waals surface area contributed by atoms with E-state index < -0.39 is 11.7 Å². The maximum atomic E-state index is 14.0. The van der Waals surface area contributed by atoms with Crippen molar-refractivity contribution in [2.24, 2.45) is 0 Å². The van der Waals surface area contributed by atoms with Gasteiger partial charge in [-0.25, -0.2) is 4.39 Å². The molecule has 2 aromatic carbocycles. The predicted octanol–water partition coefficient (Wildman–Crippen LogP) is 5.24. The topological polar surface area (TPSA) is 46.9 Å². The summed E-state index contributed by atoms with van der Waals surface area (Å²) in [4.78, 5) is 16.8. The fourth-order valence-corrected chi connectivity index (χ4v) is 3.22. The highest BCUT2D eigenvalue weighted by Crippen LogP contribution is 2.21. The number of carbonyl (C=O) groups excluding carboxylic acids is 1. The molecule has 0 unspecified atom stereocenters. The second-order valence-electron chi connectivity index (χ2n) is 6.18. The maximum absolute atomic E-state index is 14.0. The number of aromatic nitrogens is 2. The van der Waals surface area contributed by atoms with Crippen LogP contribution in [0, 0.1) is 5.82 Å². The Balaban J connectivity index is 1.55. The van der Waals surface area contributed by atoms with Crippen molar-refractivity contribution in [1.29, 1.82) is 0 Å². The molecule has 0 fully saturated rings. The lowest BCUT2D eigenvalue weighted by Crippen LogP contribution is -2.13. The largest absolute Gasteiger partial charge is 0.350 e. The van der Waals surface area contributed by atoms with Crippen LogP contribution in [0.3, 0.4) is 0 Å². The normalized spacial score (nSPS) is 10.9. The fraction of sp³-hybridized carbons (Fsp3) is 0.0476. The van der Waals surface area contributed by atoms with Crippen LogP contribution in [-0.4, -0.2) is 15.5 Å². The fourth-order valence-electron chi connectivity index (χ4n) is 2.89. The van der Waals surface area contributed by atoms with Crippen molar-refractivity contribution < 1.29 is 9.18 Å². The van der Waals surface area contributed by atoms with E-state index in [4.69, 9.17) is 0 Å². The Kier molecular flexibility index (Phi) is 4.73. The third-order valence-electron chi connectivity index (χ3n) is 4.21. The van der Waals surface area contributed by atoms with Gasteiger partial charge in [-0.3, -0.25) is 9.78 Å². The summed E-state index contributed by atoms with van der Waals surface area (Å²) in [6.07, 6.45) is 5.83. The number of carbonyl (C=O) groups is 1. The minimum absolute atomic E-state index is 0.00618. The minimum Gasteiger partial charge on any atom is -0.350 e. The highest BCUT2D eigenvalue weighted by atomic mass is 79.9. The van der Waals surface area contributed by atoms with E-state index >= 15 is 0 Å². The summed E-state index contributed by atoms with van der Waals surface area (Å²) in [6, 6.07) is 15.9. The van der Waals surface area contributed by atoms with Gasteiger partial charge in [-0.05, 0) is 54.1 Å². The average Bonchev–Trinajstić information content (AvgIpc) is 3.14. The first-order valence-corrected chi connectivity index (χ1v) is 9.14. The molecule has 4 nitrogen and oxygen atoms in total. The van der Waals surface area contributed by atoms with E-state index in [1.54, 1.807) is 18.2 Å². The number of amides is 1. The van der Waals surface area contributed by atoms with Crippen LogP contribution in [0.1, 0.15) is 15.9 Å². The van der Waals surface area contributed by atoms with Crippen molar-refractivity contribution in [2.75, 3.05) is 5.32 Å². The predicted molar refractivity (Wildman–Crippen MR) is 107 cm³/mol. The zero-order chi connectivity index (χ0) is 18.8. The molecule has 134 valence electrons. The van der Waals surface area contributed by atoms with Gasteiger partial charge in [0.2, 0.25) is 0 Å². The zero-order valence-corrected chi connectivity index (χ0v) is 15.8. The lowest BCUT2D eigenvalue weighted by Gasteiger charge is -2.09. The summed E-state index contributed by atoms with van der Waals surface area (Å²) in [6.45, 7) is 0.747. The minimum atomic E-state index is -0.574. The van der Waals surface area contributed by atoms with Gasteiger partial charge in [0.05, 0.1) is 11.1 Å². The molecule has 0 aliphatic rings. The first-order chi connectivity index (χ1) is 13.1. The molecule has 0 radical (unpaired) electrons. The number of anilines is 1. The van der Waals surface area contributed by atoms with Gasteiger partial charge in [-0.2, -0.15) is 0 Å². The highest BCUT2D eigenvalue weighted by Gasteiger charge is 2.12. The van der Waals surface area contributed by atoms with Gasteiger partial charge in [-0.15, -0.1) is 0 Å². The second-order valence-corrected chi connectivity index (χ2v) is 7.10. The Morgan fingerprint density at radius 2 is 1.93 bits per heavy atom. The van der Waals surface area contributed by atoms with Crippen molar-refractivity contribution in [3.63, 3.8) is 0 Å². The SMILES string of the molecule is O=C(Nc1ccc2cc(Cn3cccc3)cnc2c1)c1ccc(Br)cc1F. The van der Waals surface area contributed by atoms with Crippen molar-refractivity contribution >= 4 is 38.4 Å². The number of pyridine rings is 1. The standard InChI is InChI=1S/C21H15BrFN3O/c22-16-4-6-18(19(23)10-16)21(27)25-17-5-3-15-9-14(12-24-20(15)11-17)13-26-7-1-2-8-26/h1-12H,13H2,(H,25,27). The molecule has 0 spiro atoms. The van der Waals surface area contributed by atoms with Gasteiger partial charge in [0.15, 0.2) is 0 Å². The number of halogens is 2. The van der Waals surface area contributed by atoms with Crippen LogP contribution >= 0.6 is 15.9 Å². The number of rotatable bonds is 4. The van der Waals surface area contributed by atoms with Crippen molar-refractivity contribution in [2.45, 2.75) is 6.54 Å². The smallest absolute Gasteiger partial charge is 0.258 e. The molecule has 27 heavy (non-hydrogen) atoms. The molecule has 0 saturated heterocycles. The van der Waals surface area contributed by atoms with Crippen LogP contribution in [0.5, 0.6) is 0 Å². The molecular formula is C21H15BrFN3O. The van der Waals surface area contributed by atoms with Gasteiger partial charge in [-0.1, -0.05) is 22.0 Å². The first-order valence-electron chi connectivity index (χ1n) is 8.34. The van der Waals surface area contributed by atoms with E-state index in [2.05, 4.69) is 36.9 Å². The molecule has 4 aromatic rings. The summed E-state index contributed by atoms with van der Waals surface area (Å²) in [5, 5.41) is 3.70. The Morgan fingerprint density at radius 1 is 1.11 bits per heavy atom. The summed E-state index contributed by atoms with van der Waals surface area (Å²) in [5.41, 5.74) is 2.42. The number of hydrogen-bond donors (Lipinski definition) is 1. The maximum Gasteiger partial charge on any atom is 0.258 e. The molecule has 0 saturated carbocycles. The molecule has 0 aliphatic heterocycles. The number of benzene rings is 2. The Labute approximate surface area is 163 Å². The van der Waals surface area contributed by atoms with E-state index in [-0.39, 0.29) is 5.56 Å². The Bertz CT molecular complexity index is 1130. The van der Waals surface area contributed by atoms with Crippen molar-refractivity contribution in [1.82, 2.24) is 9.55 Å². The van der Waals surface area contributed by atoms with Crippen molar-refractivity contribution in [3.8, 4) is 0 Å². The summed E-state index contributed by atoms with van der Waals surface area (Å²) in [5.74, 6) is -1.07. The van der Waals surface area contributed by atoms with E-state index in [1.807, 2.05) is 36.8 Å². The quantitative estimate of drug-likeness (QED) is 0.487. The van der Waals surface area contributed by atoms with Gasteiger partial charge < -0.3 is 9.88 Å². The number of fused-ring (bicyclic) bond motifs is 1. The lowest BCUT2D eigenvalue weighted by molar-refractivity contribution is 0.102. The molecule has 1 amide bonds. The van der Waals surface area contributed by atoms with E-state index in [0.717, 1.165) is 23.0 Å². The molecule has 1 N–H and O–H groups in total. The van der Waals surface area contributed by atoms with Gasteiger partial charge >= 0.3 is 0 Å². The van der Waals surface area contributed by atoms with Crippen LogP contribution in [-0.2, 0) is 6.54 Å². The second kappa shape index (κ2) is 7.32. The molecule has 4 rings (SSSR count). The van der Waals surface area contributed by atoms with Crippen LogP contribution in [0.2, 0.25) is 0 Å². The summed E-state index contributed by atoms with van der Waals surface area (Å²) < 4.78 is 16.6. The number of nitrogens with one attached hydrogen (secondary N) is 1. The average molecular weight is 424 g/mol. The molecule has 6 heteroatoms. The van der Waals surface area contributed by atoms with E-state index in [1.165, 1.54) is 12.1 Å². The van der Waals surface area contributed by atoms with Gasteiger partial charge in [0.25, 0.3) is 5.91 Å². The number of hydrogen-bond acceptors (Lipinski definition) is 2. The van der Waals surface area contributed by atoms with Crippen LogP contribution in [0.15, 0.2) is 77.7 Å².